The number of aromatic carboxylic acids is 1. The van der Waals surface area contributed by atoms with Crippen molar-refractivity contribution >= 4 is 5.97 Å². The number of alkyl halides is 3. The Hall–Kier alpha value is -2.37. The number of carboxylic acids is 1. The van der Waals surface area contributed by atoms with E-state index in [-0.39, 0.29) is 5.69 Å². The molecule has 1 heterocycles. The number of aryl methyl sites for hydroxylation is 1. The zero-order valence-corrected chi connectivity index (χ0v) is 10.4. The van der Waals surface area contributed by atoms with Crippen molar-refractivity contribution in [3.8, 4) is 11.3 Å². The van der Waals surface area contributed by atoms with E-state index in [2.05, 4.69) is 4.98 Å². The smallest absolute Gasteiger partial charge is 0.417 e. The van der Waals surface area contributed by atoms with Crippen LogP contribution in [0.3, 0.4) is 0 Å². The first-order valence-electron chi connectivity index (χ1n) is 5.66. The van der Waals surface area contributed by atoms with Crippen LogP contribution in [0, 0.1) is 6.92 Å². The summed E-state index contributed by atoms with van der Waals surface area (Å²) in [7, 11) is 0. The average Bonchev–Trinajstić information content (AvgIpc) is 2.38. The van der Waals surface area contributed by atoms with E-state index in [4.69, 9.17) is 5.11 Å². The number of nitrogens with zero attached hydrogens (tertiary/aromatic N) is 1. The molecule has 20 heavy (non-hydrogen) atoms. The fraction of sp³-hybridized carbons (Fsp3) is 0.143. The fourth-order valence-electron chi connectivity index (χ4n) is 1.72. The molecular weight excluding hydrogens is 271 g/mol. The van der Waals surface area contributed by atoms with E-state index in [1.165, 1.54) is 0 Å². The summed E-state index contributed by atoms with van der Waals surface area (Å²) in [4.78, 5) is 14.8. The van der Waals surface area contributed by atoms with E-state index in [1.807, 2.05) is 6.92 Å². The summed E-state index contributed by atoms with van der Waals surface area (Å²) in [5, 5.41) is 9.06. The van der Waals surface area contributed by atoms with Crippen molar-refractivity contribution in [1.29, 1.82) is 0 Å². The molecule has 0 aliphatic rings. The van der Waals surface area contributed by atoms with Crippen molar-refractivity contribution in [2.24, 2.45) is 0 Å². The quantitative estimate of drug-likeness (QED) is 0.911. The molecule has 1 aromatic carbocycles. The Kier molecular flexibility index (Phi) is 3.48. The van der Waals surface area contributed by atoms with Gasteiger partial charge in [0.25, 0.3) is 0 Å². The van der Waals surface area contributed by atoms with Crippen LogP contribution in [0.2, 0.25) is 0 Å². The molecule has 0 amide bonds. The lowest BCUT2D eigenvalue weighted by molar-refractivity contribution is -0.137. The Morgan fingerprint density at radius 2 is 1.80 bits per heavy atom. The van der Waals surface area contributed by atoms with Crippen LogP contribution in [-0.2, 0) is 6.18 Å². The van der Waals surface area contributed by atoms with Crippen molar-refractivity contribution in [3.63, 3.8) is 0 Å². The maximum Gasteiger partial charge on any atom is 0.417 e. The minimum absolute atomic E-state index is 0.0190. The molecule has 2 rings (SSSR count). The van der Waals surface area contributed by atoms with E-state index in [9.17, 15) is 18.0 Å². The van der Waals surface area contributed by atoms with Crippen molar-refractivity contribution in [1.82, 2.24) is 4.98 Å². The minimum atomic E-state index is -4.62. The molecule has 2 aromatic rings. The third kappa shape index (κ3) is 2.79. The summed E-state index contributed by atoms with van der Waals surface area (Å²) in [6, 6.07) is 7.32. The lowest BCUT2D eigenvalue weighted by Gasteiger charge is -2.10. The molecule has 104 valence electrons. The fourth-order valence-corrected chi connectivity index (χ4v) is 1.72. The van der Waals surface area contributed by atoms with Gasteiger partial charge in [-0.3, -0.25) is 4.98 Å². The van der Waals surface area contributed by atoms with Crippen LogP contribution in [0.4, 0.5) is 13.2 Å². The molecular formula is C14H10F3NO2. The molecule has 0 fully saturated rings. The topological polar surface area (TPSA) is 50.2 Å². The van der Waals surface area contributed by atoms with E-state index < -0.39 is 23.3 Å². The molecule has 0 unspecified atom stereocenters. The molecule has 0 atom stereocenters. The predicted molar refractivity (Wildman–Crippen MR) is 66.4 cm³/mol. The molecule has 0 saturated heterocycles. The molecule has 6 heteroatoms. The summed E-state index contributed by atoms with van der Waals surface area (Å²) < 4.78 is 37.8. The van der Waals surface area contributed by atoms with Gasteiger partial charge < -0.3 is 5.11 Å². The van der Waals surface area contributed by atoms with E-state index >= 15 is 0 Å². The summed E-state index contributed by atoms with van der Waals surface area (Å²) in [6.07, 6.45) is -3.98. The Bertz CT molecular complexity index is 648. The Morgan fingerprint density at radius 1 is 1.20 bits per heavy atom. The first-order valence-corrected chi connectivity index (χ1v) is 5.66. The summed E-state index contributed by atoms with van der Waals surface area (Å²) in [6.45, 7) is 1.85. The highest BCUT2D eigenvalue weighted by atomic mass is 19.4. The van der Waals surface area contributed by atoms with Crippen LogP contribution in [-0.4, -0.2) is 16.1 Å². The average molecular weight is 281 g/mol. The normalized spacial score (nSPS) is 11.4. The van der Waals surface area contributed by atoms with Gasteiger partial charge in [0.05, 0.1) is 16.8 Å². The van der Waals surface area contributed by atoms with Gasteiger partial charge in [-0.2, -0.15) is 13.2 Å². The number of carboxylic acid groups (broad SMARTS) is 1. The van der Waals surface area contributed by atoms with Gasteiger partial charge in [0.15, 0.2) is 0 Å². The number of hydrogen-bond acceptors (Lipinski definition) is 2. The van der Waals surface area contributed by atoms with Crippen LogP contribution >= 0.6 is 0 Å². The Labute approximate surface area is 112 Å². The number of carbonyl (C=O) groups is 1. The molecule has 0 saturated carbocycles. The SMILES string of the molecule is Cc1ccc(-c2ncc(C(F)(F)F)cc2C(=O)O)cc1. The summed E-state index contributed by atoms with van der Waals surface area (Å²) in [5.74, 6) is -1.45. The predicted octanol–water partition coefficient (Wildman–Crippen LogP) is 3.77. The van der Waals surface area contributed by atoms with Crippen LogP contribution in [0.15, 0.2) is 36.5 Å². The first kappa shape index (κ1) is 14.0. The largest absolute Gasteiger partial charge is 0.478 e. The molecule has 0 aliphatic carbocycles. The molecule has 0 bridgehead atoms. The molecule has 0 spiro atoms. The van der Waals surface area contributed by atoms with Gasteiger partial charge in [-0.05, 0) is 13.0 Å². The highest BCUT2D eigenvalue weighted by Crippen LogP contribution is 2.32. The van der Waals surface area contributed by atoms with Crippen LogP contribution < -0.4 is 0 Å². The van der Waals surface area contributed by atoms with Crippen molar-refractivity contribution in [2.45, 2.75) is 13.1 Å². The van der Waals surface area contributed by atoms with Crippen LogP contribution in [0.5, 0.6) is 0 Å². The summed E-state index contributed by atoms with van der Waals surface area (Å²) >= 11 is 0. The number of halogens is 3. The van der Waals surface area contributed by atoms with Gasteiger partial charge in [-0.25, -0.2) is 4.79 Å². The lowest BCUT2D eigenvalue weighted by atomic mass is 10.0. The standard InChI is InChI=1S/C14H10F3NO2/c1-8-2-4-9(5-3-8)12-11(13(19)20)6-10(7-18-12)14(15,16)17/h2-7H,1H3,(H,19,20). The van der Waals surface area contributed by atoms with Crippen molar-refractivity contribution < 1.29 is 23.1 Å². The van der Waals surface area contributed by atoms with Crippen LogP contribution in [0.1, 0.15) is 21.5 Å². The van der Waals surface area contributed by atoms with Crippen LogP contribution in [0.25, 0.3) is 11.3 Å². The van der Waals surface area contributed by atoms with Crippen molar-refractivity contribution in [2.75, 3.05) is 0 Å². The van der Waals surface area contributed by atoms with Gasteiger partial charge in [-0.15, -0.1) is 0 Å². The molecule has 1 N–H and O–H groups in total. The van der Waals surface area contributed by atoms with Gasteiger partial charge in [-0.1, -0.05) is 29.8 Å². The Balaban J connectivity index is 2.59. The van der Waals surface area contributed by atoms with E-state index in [0.29, 0.717) is 17.8 Å². The van der Waals surface area contributed by atoms with Gasteiger partial charge in [0, 0.05) is 11.8 Å². The lowest BCUT2D eigenvalue weighted by Crippen LogP contribution is -2.10. The minimum Gasteiger partial charge on any atom is -0.478 e. The first-order chi connectivity index (χ1) is 9.29. The highest BCUT2D eigenvalue weighted by molar-refractivity contribution is 5.95. The van der Waals surface area contributed by atoms with Gasteiger partial charge in [0.1, 0.15) is 0 Å². The molecule has 1 aromatic heterocycles. The maximum absolute atomic E-state index is 12.6. The second-order valence-corrected chi connectivity index (χ2v) is 4.29. The zero-order valence-electron chi connectivity index (χ0n) is 10.4. The number of benzene rings is 1. The monoisotopic (exact) mass is 281 g/mol. The third-order valence-electron chi connectivity index (χ3n) is 2.77. The maximum atomic E-state index is 12.6. The Morgan fingerprint density at radius 3 is 2.30 bits per heavy atom. The number of rotatable bonds is 2. The summed E-state index contributed by atoms with van der Waals surface area (Å²) in [5.41, 5.74) is -0.112. The zero-order chi connectivity index (χ0) is 14.9. The van der Waals surface area contributed by atoms with Gasteiger partial charge >= 0.3 is 12.1 Å². The number of aromatic nitrogens is 1. The van der Waals surface area contributed by atoms with Gasteiger partial charge in [0.2, 0.25) is 0 Å². The second-order valence-electron chi connectivity index (χ2n) is 4.29. The van der Waals surface area contributed by atoms with E-state index in [1.54, 1.807) is 24.3 Å². The highest BCUT2D eigenvalue weighted by Gasteiger charge is 2.32. The molecule has 3 nitrogen and oxygen atoms in total. The number of pyridine rings is 1. The van der Waals surface area contributed by atoms with E-state index in [0.717, 1.165) is 5.56 Å². The van der Waals surface area contributed by atoms with Crippen molar-refractivity contribution in [3.05, 3.63) is 53.2 Å². The second kappa shape index (κ2) is 4.96. The third-order valence-corrected chi connectivity index (χ3v) is 2.77. The molecule has 0 aliphatic heterocycles. The molecule has 0 radical (unpaired) electrons. The number of hydrogen-bond donors (Lipinski definition) is 1.